The third-order valence-electron chi connectivity index (χ3n) is 1.53. The topological polar surface area (TPSA) is 43.4 Å². The van der Waals surface area contributed by atoms with Crippen LogP contribution >= 0.6 is 0 Å². The van der Waals surface area contributed by atoms with E-state index in [0.717, 1.165) is 0 Å². The molecule has 0 N–H and O–H groups in total. The van der Waals surface area contributed by atoms with Crippen molar-refractivity contribution in [3.05, 3.63) is 0 Å². The van der Waals surface area contributed by atoms with Crippen molar-refractivity contribution in [3.63, 3.8) is 0 Å². The van der Waals surface area contributed by atoms with Gasteiger partial charge in [-0.1, -0.05) is 0 Å². The van der Waals surface area contributed by atoms with Crippen LogP contribution in [0, 0.1) is 5.92 Å². The molecule has 1 aliphatic rings. The normalized spacial score (nSPS) is 23.9. The monoisotopic (exact) mass is 182 g/mol. The van der Waals surface area contributed by atoms with Crippen LogP contribution in [0.2, 0.25) is 0 Å². The summed E-state index contributed by atoms with van der Waals surface area (Å²) in [5.74, 6) is -4.72. The fourth-order valence-electron chi connectivity index (χ4n) is 0.932. The average molecular weight is 182 g/mol. The van der Waals surface area contributed by atoms with E-state index < -0.39 is 23.8 Å². The van der Waals surface area contributed by atoms with Gasteiger partial charge in [0.2, 0.25) is 0 Å². The molecule has 6 heteroatoms. The minimum atomic E-state index is -4.94. The molecule has 1 atom stereocenters. The lowest BCUT2D eigenvalue weighted by Gasteiger charge is -2.06. The van der Waals surface area contributed by atoms with Crippen LogP contribution in [0.25, 0.3) is 0 Å². The van der Waals surface area contributed by atoms with Crippen molar-refractivity contribution in [1.82, 2.24) is 0 Å². The van der Waals surface area contributed by atoms with Gasteiger partial charge in [0.15, 0.2) is 0 Å². The highest BCUT2D eigenvalue weighted by Crippen LogP contribution is 2.26. The van der Waals surface area contributed by atoms with Crippen LogP contribution < -0.4 is 0 Å². The molecule has 0 amide bonds. The van der Waals surface area contributed by atoms with Gasteiger partial charge in [-0.05, 0) is 0 Å². The van der Waals surface area contributed by atoms with E-state index in [-0.39, 0.29) is 13.0 Å². The fraction of sp³-hybridized carbons (Fsp3) is 0.667. The first-order valence-corrected chi connectivity index (χ1v) is 3.20. The summed E-state index contributed by atoms with van der Waals surface area (Å²) in [7, 11) is 0. The molecule has 1 heterocycles. The maximum absolute atomic E-state index is 11.7. The molecule has 0 aromatic heterocycles. The summed E-state index contributed by atoms with van der Waals surface area (Å²) >= 11 is 0. The van der Waals surface area contributed by atoms with Gasteiger partial charge >= 0.3 is 12.1 Å². The molecule has 0 bridgehead atoms. The zero-order valence-electron chi connectivity index (χ0n) is 5.85. The molecule has 0 unspecified atom stereocenters. The van der Waals surface area contributed by atoms with Gasteiger partial charge in [-0.3, -0.25) is 9.59 Å². The Morgan fingerprint density at radius 1 is 1.50 bits per heavy atom. The Hall–Kier alpha value is -1.07. The van der Waals surface area contributed by atoms with Crippen molar-refractivity contribution < 1.29 is 27.5 Å². The zero-order chi connectivity index (χ0) is 9.35. The van der Waals surface area contributed by atoms with Crippen molar-refractivity contribution in [1.29, 1.82) is 0 Å². The number of carbonyl (C=O) groups is 2. The van der Waals surface area contributed by atoms with E-state index in [9.17, 15) is 22.8 Å². The number of cyclic esters (lactones) is 1. The van der Waals surface area contributed by atoms with Gasteiger partial charge in [-0.15, -0.1) is 0 Å². The third kappa shape index (κ3) is 1.57. The first-order chi connectivity index (χ1) is 5.43. The highest BCUT2D eigenvalue weighted by Gasteiger charge is 2.48. The van der Waals surface area contributed by atoms with Gasteiger partial charge in [-0.2, -0.15) is 13.2 Å². The Labute approximate surface area is 65.5 Å². The molecule has 0 aromatic rings. The van der Waals surface area contributed by atoms with E-state index in [2.05, 4.69) is 4.74 Å². The molecule has 0 aromatic carbocycles. The first-order valence-electron chi connectivity index (χ1n) is 3.20. The number of alkyl halides is 3. The van der Waals surface area contributed by atoms with Gasteiger partial charge < -0.3 is 4.74 Å². The quantitative estimate of drug-likeness (QED) is 0.442. The number of carbonyl (C=O) groups excluding carboxylic acids is 2. The number of esters is 1. The van der Waals surface area contributed by atoms with Crippen molar-refractivity contribution in [2.24, 2.45) is 5.92 Å². The molecule has 1 saturated heterocycles. The van der Waals surface area contributed by atoms with Crippen LogP contribution in [-0.4, -0.2) is 24.5 Å². The second kappa shape index (κ2) is 2.76. The Kier molecular flexibility index (Phi) is 2.08. The lowest BCUT2D eigenvalue weighted by Crippen LogP contribution is -2.32. The standard InChI is InChI=1S/C6H5F3O3/c7-6(8,9)4(10)3-1-2-12-5(3)11/h3H,1-2H2/t3-/m0/s1. The number of rotatable bonds is 1. The van der Waals surface area contributed by atoms with Crippen molar-refractivity contribution in [2.45, 2.75) is 12.6 Å². The fourth-order valence-corrected chi connectivity index (χ4v) is 0.932. The summed E-state index contributed by atoms with van der Waals surface area (Å²) in [5, 5.41) is 0. The Balaban J connectivity index is 2.71. The highest BCUT2D eigenvalue weighted by molar-refractivity contribution is 6.02. The zero-order valence-corrected chi connectivity index (χ0v) is 5.85. The summed E-state index contributed by atoms with van der Waals surface area (Å²) in [5.41, 5.74) is 0. The lowest BCUT2D eigenvalue weighted by atomic mass is 10.0. The number of ketones is 1. The van der Waals surface area contributed by atoms with Crippen LogP contribution in [0.15, 0.2) is 0 Å². The largest absolute Gasteiger partial charge is 0.465 e. The molecule has 0 aliphatic carbocycles. The van der Waals surface area contributed by atoms with E-state index in [1.807, 2.05) is 0 Å². The molecule has 0 spiro atoms. The van der Waals surface area contributed by atoms with E-state index >= 15 is 0 Å². The van der Waals surface area contributed by atoms with E-state index in [1.54, 1.807) is 0 Å². The predicted octanol–water partition coefficient (Wildman–Crippen LogP) is 0.681. The number of halogens is 3. The highest BCUT2D eigenvalue weighted by atomic mass is 19.4. The van der Waals surface area contributed by atoms with Crippen LogP contribution in [0.5, 0.6) is 0 Å². The summed E-state index contributed by atoms with van der Waals surface area (Å²) in [6.45, 7) is -0.106. The lowest BCUT2D eigenvalue weighted by molar-refractivity contribution is -0.177. The van der Waals surface area contributed by atoms with E-state index in [4.69, 9.17) is 0 Å². The molecule has 1 rings (SSSR count). The summed E-state index contributed by atoms with van der Waals surface area (Å²) in [6, 6.07) is 0. The second-order valence-corrected chi connectivity index (χ2v) is 2.37. The van der Waals surface area contributed by atoms with Crippen molar-refractivity contribution >= 4 is 11.8 Å². The first kappa shape index (κ1) is 9.02. The number of ether oxygens (including phenoxy) is 1. The Morgan fingerprint density at radius 2 is 2.08 bits per heavy atom. The maximum Gasteiger partial charge on any atom is 0.450 e. The number of Topliss-reactive ketones (excluding diaryl/α,β-unsaturated/α-hetero) is 1. The van der Waals surface area contributed by atoms with Crippen LogP contribution in [0.3, 0.4) is 0 Å². The van der Waals surface area contributed by atoms with Crippen molar-refractivity contribution in [3.8, 4) is 0 Å². The minimum Gasteiger partial charge on any atom is -0.465 e. The smallest absolute Gasteiger partial charge is 0.450 e. The predicted molar refractivity (Wildman–Crippen MR) is 30.1 cm³/mol. The molecule has 0 saturated carbocycles. The summed E-state index contributed by atoms with van der Waals surface area (Å²) in [6.07, 6.45) is -5.11. The average Bonchev–Trinajstić information content (AvgIpc) is 2.31. The van der Waals surface area contributed by atoms with Crippen molar-refractivity contribution in [2.75, 3.05) is 6.61 Å². The van der Waals surface area contributed by atoms with Crippen LogP contribution in [-0.2, 0) is 14.3 Å². The molecule has 68 valence electrons. The number of hydrogen-bond acceptors (Lipinski definition) is 3. The summed E-state index contributed by atoms with van der Waals surface area (Å²) < 4.78 is 39.4. The Morgan fingerprint density at radius 3 is 2.42 bits per heavy atom. The van der Waals surface area contributed by atoms with E-state index in [1.165, 1.54) is 0 Å². The van der Waals surface area contributed by atoms with Gasteiger partial charge in [0, 0.05) is 6.42 Å². The molecule has 12 heavy (non-hydrogen) atoms. The SMILES string of the molecule is O=C1OCC[C@H]1C(=O)C(F)(F)F. The Bertz CT molecular complexity index is 221. The molecular weight excluding hydrogens is 177 g/mol. The van der Waals surface area contributed by atoms with Gasteiger partial charge in [0.1, 0.15) is 5.92 Å². The molecule has 3 nitrogen and oxygen atoms in total. The van der Waals surface area contributed by atoms with E-state index in [0.29, 0.717) is 0 Å². The van der Waals surface area contributed by atoms with Crippen LogP contribution in [0.4, 0.5) is 13.2 Å². The minimum absolute atomic E-state index is 0.106. The number of hydrogen-bond donors (Lipinski definition) is 0. The van der Waals surface area contributed by atoms with Gasteiger partial charge in [0.05, 0.1) is 6.61 Å². The molecule has 0 radical (unpaired) electrons. The van der Waals surface area contributed by atoms with Crippen LogP contribution in [0.1, 0.15) is 6.42 Å². The van der Waals surface area contributed by atoms with Gasteiger partial charge in [-0.25, -0.2) is 0 Å². The maximum atomic E-state index is 11.7. The molecule has 1 fully saturated rings. The van der Waals surface area contributed by atoms with Gasteiger partial charge in [0.25, 0.3) is 5.78 Å². The summed E-state index contributed by atoms with van der Waals surface area (Å²) in [4.78, 5) is 21.0. The third-order valence-corrected chi connectivity index (χ3v) is 1.53. The molecule has 1 aliphatic heterocycles. The molecular formula is C6H5F3O3. The second-order valence-electron chi connectivity index (χ2n) is 2.37.